The van der Waals surface area contributed by atoms with Gasteiger partial charge in [-0.25, -0.2) is 0 Å². The van der Waals surface area contributed by atoms with Crippen molar-refractivity contribution in [2.24, 2.45) is 0 Å². The van der Waals surface area contributed by atoms with Gasteiger partial charge in [0.2, 0.25) is 0 Å². The van der Waals surface area contributed by atoms with Gasteiger partial charge in [0.1, 0.15) is 0 Å². The van der Waals surface area contributed by atoms with Crippen molar-refractivity contribution in [3.63, 3.8) is 0 Å². The standard InChI is InChI=1S/C15H30N2/c1-14-8-3-2-6-12-17(14)13-7-10-15-9-4-5-11-16-15/h14-16H,2-13H2,1H3. The number of rotatable bonds is 4. The van der Waals surface area contributed by atoms with Crippen LogP contribution in [0.5, 0.6) is 0 Å². The Morgan fingerprint density at radius 2 is 1.94 bits per heavy atom. The fourth-order valence-corrected chi connectivity index (χ4v) is 3.38. The summed E-state index contributed by atoms with van der Waals surface area (Å²) in [4.78, 5) is 2.73. The Morgan fingerprint density at radius 3 is 2.76 bits per heavy atom. The molecular weight excluding hydrogens is 208 g/mol. The molecule has 0 aromatic carbocycles. The van der Waals surface area contributed by atoms with Gasteiger partial charge in [-0.2, -0.15) is 0 Å². The van der Waals surface area contributed by atoms with Crippen LogP contribution < -0.4 is 5.32 Å². The Balaban J connectivity index is 1.62. The average molecular weight is 238 g/mol. The van der Waals surface area contributed by atoms with Gasteiger partial charge in [-0.05, 0) is 65.1 Å². The molecule has 2 nitrogen and oxygen atoms in total. The van der Waals surface area contributed by atoms with Crippen LogP contribution in [0.1, 0.15) is 64.7 Å². The summed E-state index contributed by atoms with van der Waals surface area (Å²) in [6.45, 7) is 6.35. The summed E-state index contributed by atoms with van der Waals surface area (Å²) in [6.07, 6.45) is 12.8. The third-order valence-corrected chi connectivity index (χ3v) is 4.60. The van der Waals surface area contributed by atoms with Gasteiger partial charge in [-0.1, -0.05) is 19.3 Å². The van der Waals surface area contributed by atoms with Crippen LogP contribution in [0.4, 0.5) is 0 Å². The number of nitrogens with one attached hydrogen (secondary N) is 1. The lowest BCUT2D eigenvalue weighted by Crippen LogP contribution is -2.36. The van der Waals surface area contributed by atoms with Crippen LogP contribution in [0.25, 0.3) is 0 Å². The molecule has 0 spiro atoms. The van der Waals surface area contributed by atoms with E-state index in [-0.39, 0.29) is 0 Å². The van der Waals surface area contributed by atoms with Crippen molar-refractivity contribution in [3.05, 3.63) is 0 Å². The van der Waals surface area contributed by atoms with Crippen molar-refractivity contribution >= 4 is 0 Å². The van der Waals surface area contributed by atoms with Crippen LogP contribution >= 0.6 is 0 Å². The van der Waals surface area contributed by atoms with E-state index in [4.69, 9.17) is 0 Å². The van der Waals surface area contributed by atoms with Crippen molar-refractivity contribution in [2.45, 2.75) is 76.8 Å². The normalized spacial score (nSPS) is 32.3. The van der Waals surface area contributed by atoms with Crippen LogP contribution in [-0.2, 0) is 0 Å². The highest BCUT2D eigenvalue weighted by Gasteiger charge is 2.17. The Labute approximate surface area is 107 Å². The monoisotopic (exact) mass is 238 g/mol. The zero-order valence-electron chi connectivity index (χ0n) is 11.6. The molecule has 17 heavy (non-hydrogen) atoms. The summed E-state index contributed by atoms with van der Waals surface area (Å²) in [5.74, 6) is 0. The van der Waals surface area contributed by atoms with E-state index in [9.17, 15) is 0 Å². The number of nitrogens with zero attached hydrogens (tertiary/aromatic N) is 1. The highest BCUT2D eigenvalue weighted by Crippen LogP contribution is 2.18. The van der Waals surface area contributed by atoms with Gasteiger partial charge in [0.25, 0.3) is 0 Å². The van der Waals surface area contributed by atoms with Gasteiger partial charge < -0.3 is 10.2 Å². The molecule has 2 fully saturated rings. The Kier molecular flexibility index (Phi) is 5.79. The summed E-state index contributed by atoms with van der Waals surface area (Å²) < 4.78 is 0. The smallest absolute Gasteiger partial charge is 0.00675 e. The van der Waals surface area contributed by atoms with Gasteiger partial charge in [0, 0.05) is 12.1 Å². The largest absolute Gasteiger partial charge is 0.314 e. The van der Waals surface area contributed by atoms with Crippen molar-refractivity contribution in [1.82, 2.24) is 10.2 Å². The molecule has 0 aliphatic carbocycles. The molecule has 100 valence electrons. The summed E-state index contributed by atoms with van der Waals surface area (Å²) in [5, 5.41) is 3.66. The molecule has 0 aromatic heterocycles. The first-order valence-electron chi connectivity index (χ1n) is 7.83. The number of hydrogen-bond acceptors (Lipinski definition) is 2. The van der Waals surface area contributed by atoms with Crippen LogP contribution in [0.3, 0.4) is 0 Å². The summed E-state index contributed by atoms with van der Waals surface area (Å²) in [6, 6.07) is 1.66. The molecule has 0 aromatic rings. The minimum absolute atomic E-state index is 0.825. The Hall–Kier alpha value is -0.0800. The maximum Gasteiger partial charge on any atom is 0.00675 e. The molecule has 2 atom stereocenters. The minimum Gasteiger partial charge on any atom is -0.314 e. The number of hydrogen-bond donors (Lipinski definition) is 1. The summed E-state index contributed by atoms with van der Waals surface area (Å²) in [5.41, 5.74) is 0. The van der Waals surface area contributed by atoms with Crippen LogP contribution in [0.2, 0.25) is 0 Å². The van der Waals surface area contributed by atoms with E-state index in [1.165, 1.54) is 77.4 Å². The molecule has 2 aliphatic heterocycles. The SMILES string of the molecule is CC1CCCCCN1CCCC1CCCCN1. The molecule has 2 rings (SSSR count). The maximum atomic E-state index is 3.66. The zero-order valence-corrected chi connectivity index (χ0v) is 11.6. The maximum absolute atomic E-state index is 3.66. The second-order valence-electron chi connectivity index (χ2n) is 6.02. The quantitative estimate of drug-likeness (QED) is 0.809. The molecule has 2 saturated heterocycles. The van der Waals surface area contributed by atoms with Gasteiger partial charge in [-0.15, -0.1) is 0 Å². The molecule has 0 saturated carbocycles. The molecular formula is C15H30N2. The number of piperidine rings is 1. The summed E-state index contributed by atoms with van der Waals surface area (Å²) >= 11 is 0. The highest BCUT2D eigenvalue weighted by molar-refractivity contribution is 4.75. The van der Waals surface area contributed by atoms with Crippen LogP contribution in [-0.4, -0.2) is 36.6 Å². The first-order valence-corrected chi connectivity index (χ1v) is 7.83. The van der Waals surface area contributed by atoms with Crippen LogP contribution in [0, 0.1) is 0 Å². The molecule has 2 heteroatoms. The highest BCUT2D eigenvalue weighted by atomic mass is 15.1. The first kappa shape index (κ1) is 13.4. The molecule has 1 N–H and O–H groups in total. The van der Waals surface area contributed by atoms with E-state index in [2.05, 4.69) is 17.1 Å². The Morgan fingerprint density at radius 1 is 1.06 bits per heavy atom. The first-order chi connectivity index (χ1) is 8.36. The predicted octanol–water partition coefficient (Wildman–Crippen LogP) is 3.17. The molecule has 0 bridgehead atoms. The fourth-order valence-electron chi connectivity index (χ4n) is 3.38. The molecule has 2 heterocycles. The third kappa shape index (κ3) is 4.59. The minimum atomic E-state index is 0.825. The predicted molar refractivity (Wildman–Crippen MR) is 74.4 cm³/mol. The number of likely N-dealkylation sites (tertiary alicyclic amines) is 1. The molecule has 0 amide bonds. The summed E-state index contributed by atoms with van der Waals surface area (Å²) in [7, 11) is 0. The second kappa shape index (κ2) is 7.38. The van der Waals surface area contributed by atoms with E-state index in [0.717, 1.165) is 12.1 Å². The van der Waals surface area contributed by atoms with E-state index in [1.54, 1.807) is 0 Å². The van der Waals surface area contributed by atoms with Crippen molar-refractivity contribution in [1.29, 1.82) is 0 Å². The van der Waals surface area contributed by atoms with E-state index < -0.39 is 0 Å². The van der Waals surface area contributed by atoms with E-state index in [1.807, 2.05) is 0 Å². The Bertz CT molecular complexity index is 199. The average Bonchev–Trinajstić information content (AvgIpc) is 2.56. The topological polar surface area (TPSA) is 15.3 Å². The van der Waals surface area contributed by atoms with Crippen molar-refractivity contribution in [3.8, 4) is 0 Å². The lowest BCUT2D eigenvalue weighted by Gasteiger charge is -2.28. The lowest BCUT2D eigenvalue weighted by atomic mass is 10.0. The molecule has 0 radical (unpaired) electrons. The van der Waals surface area contributed by atoms with E-state index >= 15 is 0 Å². The van der Waals surface area contributed by atoms with Crippen LogP contribution in [0.15, 0.2) is 0 Å². The lowest BCUT2D eigenvalue weighted by molar-refractivity contribution is 0.204. The van der Waals surface area contributed by atoms with Gasteiger partial charge >= 0.3 is 0 Å². The second-order valence-corrected chi connectivity index (χ2v) is 6.02. The molecule has 2 unspecified atom stereocenters. The van der Waals surface area contributed by atoms with Crippen molar-refractivity contribution in [2.75, 3.05) is 19.6 Å². The zero-order chi connectivity index (χ0) is 11.9. The van der Waals surface area contributed by atoms with Gasteiger partial charge in [0.15, 0.2) is 0 Å². The fraction of sp³-hybridized carbons (Fsp3) is 1.00. The van der Waals surface area contributed by atoms with E-state index in [0.29, 0.717) is 0 Å². The third-order valence-electron chi connectivity index (χ3n) is 4.60. The molecule has 2 aliphatic rings. The van der Waals surface area contributed by atoms with Gasteiger partial charge in [0.05, 0.1) is 0 Å². The van der Waals surface area contributed by atoms with Gasteiger partial charge in [-0.3, -0.25) is 0 Å². The van der Waals surface area contributed by atoms with Crippen molar-refractivity contribution < 1.29 is 0 Å².